The highest BCUT2D eigenvalue weighted by Gasteiger charge is 2.01. The van der Waals surface area contributed by atoms with E-state index in [1.54, 1.807) is 6.20 Å². The first kappa shape index (κ1) is 8.32. The number of benzene rings is 1. The van der Waals surface area contributed by atoms with E-state index in [0.29, 0.717) is 5.88 Å². The molecule has 13 heavy (non-hydrogen) atoms. The summed E-state index contributed by atoms with van der Waals surface area (Å²) in [5, 5.41) is 4.15. The Morgan fingerprint density at radius 3 is 2.77 bits per heavy atom. The monoisotopic (exact) mass is 192 g/mol. The van der Waals surface area contributed by atoms with Gasteiger partial charge in [-0.1, -0.05) is 18.2 Å². The molecule has 2 rings (SSSR count). The van der Waals surface area contributed by atoms with Gasteiger partial charge in [0.25, 0.3) is 0 Å². The zero-order valence-electron chi connectivity index (χ0n) is 7.02. The van der Waals surface area contributed by atoms with Crippen LogP contribution in [0.4, 0.5) is 0 Å². The molecule has 1 aromatic heterocycles. The van der Waals surface area contributed by atoms with Crippen molar-refractivity contribution in [1.29, 1.82) is 0 Å². The van der Waals surface area contributed by atoms with Gasteiger partial charge in [-0.05, 0) is 17.7 Å². The number of hydrogen-bond acceptors (Lipinski definition) is 1. The topological polar surface area (TPSA) is 17.8 Å². The Morgan fingerprint density at radius 2 is 2.08 bits per heavy atom. The normalized spacial score (nSPS) is 10.2. The van der Waals surface area contributed by atoms with E-state index in [0.717, 1.165) is 11.3 Å². The zero-order chi connectivity index (χ0) is 9.10. The molecule has 3 heteroatoms. The molecule has 0 aliphatic heterocycles. The van der Waals surface area contributed by atoms with Crippen molar-refractivity contribution in [2.75, 3.05) is 0 Å². The van der Waals surface area contributed by atoms with Crippen LogP contribution in [0.2, 0.25) is 0 Å². The van der Waals surface area contributed by atoms with Gasteiger partial charge >= 0.3 is 0 Å². The van der Waals surface area contributed by atoms with E-state index in [1.165, 1.54) is 0 Å². The van der Waals surface area contributed by atoms with Crippen LogP contribution in [0.15, 0.2) is 42.7 Å². The van der Waals surface area contributed by atoms with Gasteiger partial charge in [0, 0.05) is 18.3 Å². The first-order valence-electron chi connectivity index (χ1n) is 4.05. The van der Waals surface area contributed by atoms with Gasteiger partial charge in [-0.3, -0.25) is 0 Å². The van der Waals surface area contributed by atoms with Crippen LogP contribution in [0.5, 0.6) is 0 Å². The fourth-order valence-corrected chi connectivity index (χ4v) is 1.48. The predicted molar refractivity (Wildman–Crippen MR) is 53.1 cm³/mol. The molecule has 0 spiro atoms. The van der Waals surface area contributed by atoms with Gasteiger partial charge in [-0.25, -0.2) is 4.68 Å². The summed E-state index contributed by atoms with van der Waals surface area (Å²) in [7, 11) is 0. The molecule has 2 nitrogen and oxygen atoms in total. The summed E-state index contributed by atoms with van der Waals surface area (Å²) in [6, 6.07) is 9.86. The van der Waals surface area contributed by atoms with Crippen LogP contribution in [-0.2, 0) is 5.88 Å². The van der Waals surface area contributed by atoms with Crippen molar-refractivity contribution in [2.45, 2.75) is 5.88 Å². The van der Waals surface area contributed by atoms with Crippen LogP contribution >= 0.6 is 11.6 Å². The molecule has 0 bridgehead atoms. The number of para-hydroxylation sites is 1. The van der Waals surface area contributed by atoms with Crippen LogP contribution in [0.25, 0.3) is 5.69 Å². The van der Waals surface area contributed by atoms with Crippen molar-refractivity contribution in [3.8, 4) is 5.69 Å². The molecule has 0 aliphatic rings. The maximum atomic E-state index is 5.81. The van der Waals surface area contributed by atoms with Crippen molar-refractivity contribution in [2.24, 2.45) is 0 Å². The summed E-state index contributed by atoms with van der Waals surface area (Å²) in [6.45, 7) is 0. The predicted octanol–water partition coefficient (Wildman–Crippen LogP) is 2.61. The van der Waals surface area contributed by atoms with E-state index in [-0.39, 0.29) is 0 Å². The Labute approximate surface area is 81.8 Å². The van der Waals surface area contributed by atoms with E-state index in [2.05, 4.69) is 5.10 Å². The van der Waals surface area contributed by atoms with E-state index < -0.39 is 0 Å². The molecule has 0 atom stereocenters. The van der Waals surface area contributed by atoms with Gasteiger partial charge < -0.3 is 0 Å². The van der Waals surface area contributed by atoms with Gasteiger partial charge in [-0.15, -0.1) is 11.6 Å². The Bertz CT molecular complexity index is 382. The van der Waals surface area contributed by atoms with Crippen molar-refractivity contribution < 1.29 is 0 Å². The van der Waals surface area contributed by atoms with Gasteiger partial charge in [0.05, 0.1) is 5.69 Å². The summed E-state index contributed by atoms with van der Waals surface area (Å²) in [5.41, 5.74) is 2.13. The zero-order valence-corrected chi connectivity index (χ0v) is 7.78. The molecule has 2 aromatic rings. The number of hydrogen-bond donors (Lipinski definition) is 0. The third-order valence-electron chi connectivity index (χ3n) is 1.89. The van der Waals surface area contributed by atoms with Gasteiger partial charge in [0.2, 0.25) is 0 Å². The molecule has 0 radical (unpaired) electrons. The number of halogens is 1. The average Bonchev–Trinajstić information content (AvgIpc) is 2.70. The molecule has 0 N–H and O–H groups in total. The van der Waals surface area contributed by atoms with Crippen molar-refractivity contribution in [3.63, 3.8) is 0 Å². The highest BCUT2D eigenvalue weighted by atomic mass is 35.5. The Morgan fingerprint density at radius 1 is 1.23 bits per heavy atom. The van der Waals surface area contributed by atoms with E-state index >= 15 is 0 Å². The molecule has 1 heterocycles. The van der Waals surface area contributed by atoms with Crippen LogP contribution in [-0.4, -0.2) is 9.78 Å². The molecular weight excluding hydrogens is 184 g/mol. The highest BCUT2D eigenvalue weighted by molar-refractivity contribution is 6.17. The van der Waals surface area contributed by atoms with Crippen molar-refractivity contribution in [1.82, 2.24) is 9.78 Å². The van der Waals surface area contributed by atoms with Crippen LogP contribution in [0.1, 0.15) is 5.56 Å². The average molecular weight is 193 g/mol. The van der Waals surface area contributed by atoms with Crippen LogP contribution in [0, 0.1) is 0 Å². The minimum atomic E-state index is 0.510. The third-order valence-corrected chi connectivity index (χ3v) is 2.17. The summed E-state index contributed by atoms with van der Waals surface area (Å²) >= 11 is 5.81. The largest absolute Gasteiger partial charge is 0.241 e. The molecule has 0 unspecified atom stereocenters. The number of aromatic nitrogens is 2. The maximum absolute atomic E-state index is 5.81. The summed E-state index contributed by atoms with van der Waals surface area (Å²) in [5.74, 6) is 0.510. The molecule has 1 aromatic carbocycles. The van der Waals surface area contributed by atoms with Crippen molar-refractivity contribution in [3.05, 3.63) is 48.3 Å². The smallest absolute Gasteiger partial charge is 0.0689 e. The van der Waals surface area contributed by atoms with E-state index in [9.17, 15) is 0 Å². The van der Waals surface area contributed by atoms with Gasteiger partial charge in [0.1, 0.15) is 0 Å². The molecule has 0 saturated carbocycles. The lowest BCUT2D eigenvalue weighted by molar-refractivity contribution is 0.871. The van der Waals surface area contributed by atoms with E-state index in [4.69, 9.17) is 11.6 Å². The fraction of sp³-hybridized carbons (Fsp3) is 0.100. The lowest BCUT2D eigenvalue weighted by Gasteiger charge is -2.05. The standard InChI is InChI=1S/C10H9ClN2/c11-8-9-4-1-2-5-10(9)13-7-3-6-12-13/h1-7H,8H2. The number of rotatable bonds is 2. The number of alkyl halides is 1. The van der Waals surface area contributed by atoms with Crippen molar-refractivity contribution >= 4 is 11.6 Å². The minimum absolute atomic E-state index is 0.510. The van der Waals surface area contributed by atoms with Crippen LogP contribution < -0.4 is 0 Å². The van der Waals surface area contributed by atoms with Gasteiger partial charge in [0.15, 0.2) is 0 Å². The second-order valence-corrected chi connectivity index (χ2v) is 2.98. The molecule has 0 aliphatic carbocycles. The Hall–Kier alpha value is -1.28. The molecule has 66 valence electrons. The third kappa shape index (κ3) is 1.58. The summed E-state index contributed by atoms with van der Waals surface area (Å²) in [6.07, 6.45) is 3.66. The minimum Gasteiger partial charge on any atom is -0.241 e. The Balaban J connectivity index is 2.51. The summed E-state index contributed by atoms with van der Waals surface area (Å²) in [4.78, 5) is 0. The fourth-order valence-electron chi connectivity index (χ4n) is 1.26. The first-order valence-corrected chi connectivity index (χ1v) is 4.59. The lowest BCUT2D eigenvalue weighted by atomic mass is 10.2. The SMILES string of the molecule is ClCc1ccccc1-n1cccn1. The number of nitrogens with zero attached hydrogens (tertiary/aromatic N) is 2. The molecule has 0 amide bonds. The quantitative estimate of drug-likeness (QED) is 0.669. The summed E-state index contributed by atoms with van der Waals surface area (Å²) < 4.78 is 1.82. The molecule has 0 saturated heterocycles. The first-order chi connectivity index (χ1) is 6.42. The second kappa shape index (κ2) is 3.62. The molecular formula is C10H9ClN2. The van der Waals surface area contributed by atoms with E-state index in [1.807, 2.05) is 41.2 Å². The van der Waals surface area contributed by atoms with Crippen LogP contribution in [0.3, 0.4) is 0 Å². The highest BCUT2D eigenvalue weighted by Crippen LogP contribution is 2.14. The van der Waals surface area contributed by atoms with Gasteiger partial charge in [-0.2, -0.15) is 5.10 Å². The lowest BCUT2D eigenvalue weighted by Crippen LogP contribution is -1.97. The second-order valence-electron chi connectivity index (χ2n) is 2.71. The molecule has 0 fully saturated rings. The Kier molecular flexibility index (Phi) is 2.32. The maximum Gasteiger partial charge on any atom is 0.0689 e.